The van der Waals surface area contributed by atoms with Crippen LogP contribution in [0, 0.1) is 0 Å². The second kappa shape index (κ2) is 7.24. The fourth-order valence-electron chi connectivity index (χ4n) is 2.21. The van der Waals surface area contributed by atoms with Gasteiger partial charge in [0.1, 0.15) is 22.6 Å². The number of benzene rings is 3. The predicted octanol–water partition coefficient (Wildman–Crippen LogP) is 4.67. The minimum atomic E-state index is -3.69. The van der Waals surface area contributed by atoms with E-state index in [1.807, 2.05) is 36.4 Å². The van der Waals surface area contributed by atoms with Gasteiger partial charge in [-0.05, 0) is 36.4 Å². The van der Waals surface area contributed by atoms with Gasteiger partial charge in [-0.25, -0.2) is 4.57 Å². The van der Waals surface area contributed by atoms with Crippen LogP contribution in [0.3, 0.4) is 0 Å². The minimum Gasteiger partial charge on any atom is -0.496 e. The molecule has 122 valence electrons. The van der Waals surface area contributed by atoms with E-state index in [1.54, 1.807) is 48.5 Å². The lowest BCUT2D eigenvalue weighted by Gasteiger charge is -2.21. The van der Waals surface area contributed by atoms with E-state index in [0.29, 0.717) is 22.6 Å². The number of para-hydroxylation sites is 3. The molecule has 0 unspecified atom stereocenters. The fraction of sp³-hybridized carbons (Fsp3) is 0.0526. The largest absolute Gasteiger partial charge is 0.496 e. The highest BCUT2D eigenvalue weighted by atomic mass is 31.2. The van der Waals surface area contributed by atoms with E-state index in [4.69, 9.17) is 13.8 Å². The molecule has 4 nitrogen and oxygen atoms in total. The first-order valence-electron chi connectivity index (χ1n) is 7.44. The number of rotatable bonds is 6. The van der Waals surface area contributed by atoms with Gasteiger partial charge in [0.15, 0.2) is 0 Å². The molecule has 0 amide bonds. The zero-order chi connectivity index (χ0) is 16.8. The highest BCUT2D eigenvalue weighted by Crippen LogP contribution is 2.49. The topological polar surface area (TPSA) is 44.8 Å². The summed E-state index contributed by atoms with van der Waals surface area (Å²) in [7, 11) is -2.17. The van der Waals surface area contributed by atoms with Crippen molar-refractivity contribution in [2.45, 2.75) is 0 Å². The Bertz CT molecular complexity index is 789. The van der Waals surface area contributed by atoms with Gasteiger partial charge < -0.3 is 13.8 Å². The van der Waals surface area contributed by atoms with Crippen molar-refractivity contribution >= 4 is 12.9 Å². The SMILES string of the molecule is COc1ccccc1P(=O)(Oc1ccccc1)Oc1ccccc1. The molecular weight excluding hydrogens is 323 g/mol. The first-order chi connectivity index (χ1) is 11.7. The van der Waals surface area contributed by atoms with Gasteiger partial charge in [0.05, 0.1) is 7.11 Å². The second-order valence-corrected chi connectivity index (χ2v) is 6.82. The summed E-state index contributed by atoms with van der Waals surface area (Å²) in [5.74, 6) is 1.37. The normalized spacial score (nSPS) is 10.9. The Morgan fingerprint density at radius 3 is 1.62 bits per heavy atom. The highest BCUT2D eigenvalue weighted by Gasteiger charge is 2.34. The van der Waals surface area contributed by atoms with Crippen molar-refractivity contribution < 1.29 is 18.3 Å². The van der Waals surface area contributed by atoms with E-state index in [-0.39, 0.29) is 0 Å². The van der Waals surface area contributed by atoms with E-state index >= 15 is 0 Å². The van der Waals surface area contributed by atoms with Gasteiger partial charge >= 0.3 is 7.60 Å². The van der Waals surface area contributed by atoms with E-state index < -0.39 is 7.60 Å². The fourth-order valence-corrected chi connectivity index (χ4v) is 3.95. The van der Waals surface area contributed by atoms with Crippen molar-refractivity contribution in [3.63, 3.8) is 0 Å². The lowest BCUT2D eigenvalue weighted by Crippen LogP contribution is -2.17. The van der Waals surface area contributed by atoms with Crippen LogP contribution in [-0.2, 0) is 4.57 Å². The van der Waals surface area contributed by atoms with Gasteiger partial charge in [0.2, 0.25) is 0 Å². The summed E-state index contributed by atoms with van der Waals surface area (Å²) >= 11 is 0. The molecule has 0 aliphatic carbocycles. The van der Waals surface area contributed by atoms with Crippen molar-refractivity contribution in [1.29, 1.82) is 0 Å². The Morgan fingerprint density at radius 2 is 1.12 bits per heavy atom. The Balaban J connectivity index is 2.04. The van der Waals surface area contributed by atoms with Crippen molar-refractivity contribution in [2.75, 3.05) is 7.11 Å². The molecule has 0 aromatic heterocycles. The van der Waals surface area contributed by atoms with E-state index in [1.165, 1.54) is 7.11 Å². The summed E-state index contributed by atoms with van der Waals surface area (Å²) in [6, 6.07) is 24.9. The Hall–Kier alpha value is -2.71. The molecule has 0 aliphatic rings. The van der Waals surface area contributed by atoms with Crippen molar-refractivity contribution in [2.24, 2.45) is 0 Å². The van der Waals surface area contributed by atoms with Crippen molar-refractivity contribution in [1.82, 2.24) is 0 Å². The van der Waals surface area contributed by atoms with Crippen LogP contribution in [0.25, 0.3) is 0 Å². The molecule has 0 bridgehead atoms. The van der Waals surface area contributed by atoms with Crippen LogP contribution in [0.15, 0.2) is 84.9 Å². The third kappa shape index (κ3) is 3.61. The molecule has 0 saturated heterocycles. The summed E-state index contributed by atoms with van der Waals surface area (Å²) in [5.41, 5.74) is 0. The Morgan fingerprint density at radius 1 is 0.667 bits per heavy atom. The molecular formula is C19H17O4P. The molecule has 0 radical (unpaired) electrons. The molecule has 3 aromatic carbocycles. The predicted molar refractivity (Wildman–Crippen MR) is 94.4 cm³/mol. The van der Waals surface area contributed by atoms with E-state index in [9.17, 15) is 4.57 Å². The Labute approximate surface area is 141 Å². The van der Waals surface area contributed by atoms with Crippen LogP contribution < -0.4 is 19.1 Å². The maximum Gasteiger partial charge on any atom is 0.466 e. The smallest absolute Gasteiger partial charge is 0.466 e. The van der Waals surface area contributed by atoms with Gasteiger partial charge in [-0.1, -0.05) is 48.5 Å². The van der Waals surface area contributed by atoms with Crippen LogP contribution in [0.4, 0.5) is 0 Å². The third-order valence-corrected chi connectivity index (χ3v) is 5.18. The molecule has 0 N–H and O–H groups in total. The third-order valence-electron chi connectivity index (χ3n) is 3.32. The van der Waals surface area contributed by atoms with Crippen LogP contribution in [0.1, 0.15) is 0 Å². The lowest BCUT2D eigenvalue weighted by atomic mass is 10.3. The van der Waals surface area contributed by atoms with E-state index in [0.717, 1.165) is 0 Å². The van der Waals surface area contributed by atoms with Crippen LogP contribution >= 0.6 is 7.60 Å². The van der Waals surface area contributed by atoms with Crippen LogP contribution in [0.5, 0.6) is 17.2 Å². The maximum absolute atomic E-state index is 13.6. The van der Waals surface area contributed by atoms with Gasteiger partial charge in [0, 0.05) is 0 Å². The average Bonchev–Trinajstić information content (AvgIpc) is 2.63. The summed E-state index contributed by atoms with van der Waals surface area (Å²) < 4.78 is 30.5. The summed E-state index contributed by atoms with van der Waals surface area (Å²) in [5, 5.41) is 0.375. The maximum atomic E-state index is 13.6. The first kappa shape index (κ1) is 16.2. The quantitative estimate of drug-likeness (QED) is 0.612. The molecule has 5 heteroatoms. The second-order valence-electron chi connectivity index (χ2n) is 4.98. The minimum absolute atomic E-state index is 0.375. The zero-order valence-corrected chi connectivity index (χ0v) is 14.1. The van der Waals surface area contributed by atoms with Gasteiger partial charge in [-0.15, -0.1) is 0 Å². The molecule has 0 saturated carbocycles. The average molecular weight is 340 g/mol. The Kier molecular flexibility index (Phi) is 4.88. The van der Waals surface area contributed by atoms with Gasteiger partial charge in [-0.2, -0.15) is 0 Å². The molecule has 0 atom stereocenters. The van der Waals surface area contributed by atoms with Crippen molar-refractivity contribution in [3.8, 4) is 17.2 Å². The van der Waals surface area contributed by atoms with Gasteiger partial charge in [-0.3, -0.25) is 0 Å². The van der Waals surface area contributed by atoms with E-state index in [2.05, 4.69) is 0 Å². The lowest BCUT2D eigenvalue weighted by molar-refractivity contribution is 0.390. The number of methoxy groups -OCH3 is 1. The molecule has 3 rings (SSSR count). The van der Waals surface area contributed by atoms with Gasteiger partial charge in [0.25, 0.3) is 0 Å². The molecule has 0 fully saturated rings. The number of ether oxygens (including phenoxy) is 1. The van der Waals surface area contributed by atoms with Crippen LogP contribution in [0.2, 0.25) is 0 Å². The number of hydrogen-bond donors (Lipinski definition) is 0. The standard InChI is InChI=1S/C19H17O4P/c1-21-18-14-8-9-15-19(18)24(20,22-16-10-4-2-5-11-16)23-17-12-6-3-7-13-17/h2-15H,1H3. The molecule has 24 heavy (non-hydrogen) atoms. The highest BCUT2D eigenvalue weighted by molar-refractivity contribution is 7.63. The first-order valence-corrected chi connectivity index (χ1v) is 8.98. The molecule has 0 aliphatic heterocycles. The number of hydrogen-bond acceptors (Lipinski definition) is 4. The summed E-state index contributed by atoms with van der Waals surface area (Å²) in [6.45, 7) is 0. The zero-order valence-electron chi connectivity index (χ0n) is 13.2. The summed E-state index contributed by atoms with van der Waals surface area (Å²) in [6.07, 6.45) is 0. The van der Waals surface area contributed by atoms with Crippen LogP contribution in [-0.4, -0.2) is 7.11 Å². The molecule has 0 spiro atoms. The molecule has 0 heterocycles. The molecule has 3 aromatic rings. The monoisotopic (exact) mass is 340 g/mol. The summed E-state index contributed by atoms with van der Waals surface area (Å²) in [4.78, 5) is 0. The van der Waals surface area contributed by atoms with Crippen molar-refractivity contribution in [3.05, 3.63) is 84.9 Å².